The number of anilines is 1. The van der Waals surface area contributed by atoms with E-state index in [1.165, 1.54) is 23.8 Å². The highest BCUT2D eigenvalue weighted by Gasteiger charge is 2.30. The third-order valence-corrected chi connectivity index (χ3v) is 4.99. The molecule has 1 aromatic carbocycles. The van der Waals surface area contributed by atoms with E-state index in [4.69, 9.17) is 16.3 Å². The number of esters is 1. The Labute approximate surface area is 152 Å². The van der Waals surface area contributed by atoms with Gasteiger partial charge in [0.25, 0.3) is 0 Å². The second-order valence-corrected chi connectivity index (χ2v) is 6.94. The maximum absolute atomic E-state index is 12.0. The van der Waals surface area contributed by atoms with E-state index in [0.29, 0.717) is 24.1 Å². The molecule has 1 aliphatic carbocycles. The Bertz CT molecular complexity index is 809. The molecule has 1 fully saturated rings. The van der Waals surface area contributed by atoms with Crippen LogP contribution in [0.15, 0.2) is 12.1 Å². The van der Waals surface area contributed by atoms with Crippen molar-refractivity contribution >= 4 is 23.4 Å². The molecule has 0 amide bonds. The van der Waals surface area contributed by atoms with Gasteiger partial charge in [-0.1, -0.05) is 23.7 Å². The lowest BCUT2D eigenvalue weighted by Crippen LogP contribution is -2.12. The number of rotatable bonds is 5. The van der Waals surface area contributed by atoms with E-state index in [-0.39, 0.29) is 10.7 Å². The maximum Gasteiger partial charge on any atom is 0.358 e. The van der Waals surface area contributed by atoms with Gasteiger partial charge in [-0.25, -0.2) is 14.8 Å². The first-order valence-corrected chi connectivity index (χ1v) is 8.74. The first kappa shape index (κ1) is 17.7. The smallest absolute Gasteiger partial charge is 0.358 e. The van der Waals surface area contributed by atoms with E-state index in [1.807, 2.05) is 0 Å². The van der Waals surface area contributed by atoms with Crippen LogP contribution in [0.25, 0.3) is 0 Å². The molecule has 132 valence electrons. The summed E-state index contributed by atoms with van der Waals surface area (Å²) in [5.41, 5.74) is 5.06. The number of nitrogens with one attached hydrogen (secondary N) is 1. The van der Waals surface area contributed by atoms with Crippen LogP contribution in [-0.2, 0) is 11.3 Å². The summed E-state index contributed by atoms with van der Waals surface area (Å²) in [5.74, 6) is 0.905. The van der Waals surface area contributed by atoms with Crippen molar-refractivity contribution in [1.29, 1.82) is 0 Å². The lowest BCUT2D eigenvalue weighted by Gasteiger charge is -2.13. The van der Waals surface area contributed by atoms with Gasteiger partial charge in [0, 0.05) is 12.5 Å². The molecule has 25 heavy (non-hydrogen) atoms. The number of aromatic nitrogens is 2. The molecule has 3 rings (SSSR count). The minimum atomic E-state index is -0.542. The fourth-order valence-corrected chi connectivity index (χ4v) is 2.98. The number of carbonyl (C=O) groups is 1. The van der Waals surface area contributed by atoms with Gasteiger partial charge in [-0.2, -0.15) is 0 Å². The van der Waals surface area contributed by atoms with Crippen molar-refractivity contribution in [1.82, 2.24) is 9.97 Å². The summed E-state index contributed by atoms with van der Waals surface area (Å²) >= 11 is 6.35. The van der Waals surface area contributed by atoms with Crippen LogP contribution in [0.4, 0.5) is 5.82 Å². The molecule has 0 unspecified atom stereocenters. The lowest BCUT2D eigenvalue weighted by molar-refractivity contribution is 0.0593. The first-order chi connectivity index (χ1) is 11.9. The van der Waals surface area contributed by atoms with Crippen LogP contribution in [0, 0.1) is 20.8 Å². The number of halogens is 1. The van der Waals surface area contributed by atoms with Crippen molar-refractivity contribution < 1.29 is 9.53 Å². The van der Waals surface area contributed by atoms with E-state index >= 15 is 0 Å². The largest absolute Gasteiger partial charge is 0.464 e. The molecule has 6 heteroatoms. The fraction of sp³-hybridized carbons (Fsp3) is 0.421. The van der Waals surface area contributed by atoms with Crippen molar-refractivity contribution in [2.24, 2.45) is 0 Å². The van der Waals surface area contributed by atoms with Gasteiger partial charge in [-0.05, 0) is 55.9 Å². The van der Waals surface area contributed by atoms with Crippen LogP contribution in [0.2, 0.25) is 5.02 Å². The molecule has 5 nitrogen and oxygen atoms in total. The summed E-state index contributed by atoms with van der Waals surface area (Å²) in [6.45, 7) is 6.89. The summed E-state index contributed by atoms with van der Waals surface area (Å²) in [5, 5.41) is 3.46. The molecule has 1 aliphatic rings. The molecule has 1 N–H and O–H groups in total. The lowest BCUT2D eigenvalue weighted by atomic mass is 10.0. The number of carbonyl (C=O) groups excluding carboxylic acids is 1. The van der Waals surface area contributed by atoms with Crippen LogP contribution in [0.3, 0.4) is 0 Å². The van der Waals surface area contributed by atoms with Gasteiger partial charge in [0.2, 0.25) is 0 Å². The zero-order chi connectivity index (χ0) is 18.1. The van der Waals surface area contributed by atoms with Gasteiger partial charge in [0.1, 0.15) is 16.7 Å². The third kappa shape index (κ3) is 3.76. The summed E-state index contributed by atoms with van der Waals surface area (Å²) in [4.78, 5) is 20.8. The Balaban J connectivity index is 1.89. The van der Waals surface area contributed by atoms with Crippen molar-refractivity contribution in [2.75, 3.05) is 12.4 Å². The minimum Gasteiger partial charge on any atom is -0.464 e. The van der Waals surface area contributed by atoms with E-state index in [2.05, 4.69) is 48.2 Å². The van der Waals surface area contributed by atoms with Crippen LogP contribution in [0.5, 0.6) is 0 Å². The zero-order valence-electron chi connectivity index (χ0n) is 14.9. The number of methoxy groups -OCH3 is 1. The van der Waals surface area contributed by atoms with E-state index in [1.54, 1.807) is 0 Å². The van der Waals surface area contributed by atoms with Gasteiger partial charge in [-0.15, -0.1) is 0 Å². The Morgan fingerprint density at radius 2 is 1.88 bits per heavy atom. The molecular weight excluding hydrogens is 338 g/mol. The third-order valence-electron chi connectivity index (χ3n) is 4.64. The highest BCUT2D eigenvalue weighted by Crippen LogP contribution is 2.39. The number of hydrogen-bond acceptors (Lipinski definition) is 5. The molecule has 0 radical (unpaired) electrons. The number of nitrogens with zero attached hydrogens (tertiary/aromatic N) is 2. The van der Waals surface area contributed by atoms with Gasteiger partial charge in [0.15, 0.2) is 5.69 Å². The number of hydrogen-bond donors (Lipinski definition) is 1. The van der Waals surface area contributed by atoms with E-state index < -0.39 is 5.97 Å². The van der Waals surface area contributed by atoms with Crippen LogP contribution in [-0.4, -0.2) is 23.0 Å². The average molecular weight is 360 g/mol. The second-order valence-electron chi connectivity index (χ2n) is 6.57. The monoisotopic (exact) mass is 359 g/mol. The highest BCUT2D eigenvalue weighted by atomic mass is 35.5. The Hall–Kier alpha value is -2.14. The summed E-state index contributed by atoms with van der Waals surface area (Å²) in [7, 11) is 1.32. The van der Waals surface area contributed by atoms with Crippen molar-refractivity contribution in [2.45, 2.75) is 46.1 Å². The molecule has 0 aliphatic heterocycles. The van der Waals surface area contributed by atoms with E-state index in [0.717, 1.165) is 18.4 Å². The molecule has 0 atom stereocenters. The summed E-state index contributed by atoms with van der Waals surface area (Å²) < 4.78 is 4.79. The molecule has 2 aromatic rings. The molecule has 1 heterocycles. The number of aryl methyl sites for hydroxylation is 2. The highest BCUT2D eigenvalue weighted by molar-refractivity contribution is 6.35. The van der Waals surface area contributed by atoms with E-state index in [9.17, 15) is 4.79 Å². The molecule has 0 saturated heterocycles. The predicted octanol–water partition coefficient (Wildman–Crippen LogP) is 4.33. The molecule has 0 bridgehead atoms. The minimum absolute atomic E-state index is 0.125. The Morgan fingerprint density at radius 1 is 1.24 bits per heavy atom. The quantitative estimate of drug-likeness (QED) is 0.805. The Morgan fingerprint density at radius 3 is 2.44 bits per heavy atom. The fourth-order valence-electron chi connectivity index (χ4n) is 2.75. The van der Waals surface area contributed by atoms with Crippen LogP contribution in [0.1, 0.15) is 57.3 Å². The summed E-state index contributed by atoms with van der Waals surface area (Å²) in [6, 6.07) is 4.29. The first-order valence-electron chi connectivity index (χ1n) is 8.37. The van der Waals surface area contributed by atoms with Crippen LogP contribution < -0.4 is 5.32 Å². The normalized spacial score (nSPS) is 13.6. The van der Waals surface area contributed by atoms with Crippen molar-refractivity contribution in [3.63, 3.8) is 0 Å². The predicted molar refractivity (Wildman–Crippen MR) is 98.3 cm³/mol. The average Bonchev–Trinajstić information content (AvgIpc) is 3.43. The number of ether oxygens (including phenoxy) is 1. The van der Waals surface area contributed by atoms with Crippen molar-refractivity contribution in [3.05, 3.63) is 50.9 Å². The van der Waals surface area contributed by atoms with Gasteiger partial charge in [0.05, 0.1) is 7.11 Å². The number of benzene rings is 1. The van der Waals surface area contributed by atoms with Crippen molar-refractivity contribution in [3.8, 4) is 0 Å². The van der Waals surface area contributed by atoms with Crippen LogP contribution >= 0.6 is 11.6 Å². The molecule has 1 aromatic heterocycles. The zero-order valence-corrected chi connectivity index (χ0v) is 15.7. The maximum atomic E-state index is 12.0. The second kappa shape index (κ2) is 7.00. The molecular formula is C19H22ClN3O2. The van der Waals surface area contributed by atoms with Gasteiger partial charge in [-0.3, -0.25) is 0 Å². The Kier molecular flexibility index (Phi) is 4.95. The molecule has 0 spiro atoms. The van der Waals surface area contributed by atoms with Gasteiger partial charge < -0.3 is 10.1 Å². The summed E-state index contributed by atoms with van der Waals surface area (Å²) in [6.07, 6.45) is 2.08. The SMILES string of the molecule is COC(=O)c1nc(C2CC2)nc(NCc2cc(C)c(C)c(C)c2)c1Cl. The standard InChI is InChI=1S/C19H22ClN3O2/c1-10-7-13(8-11(2)12(10)3)9-21-18-15(20)16(19(24)25-4)22-17(23-18)14-5-6-14/h7-8,14H,5-6,9H2,1-4H3,(H,21,22,23). The van der Waals surface area contributed by atoms with Gasteiger partial charge >= 0.3 is 5.97 Å². The molecule has 1 saturated carbocycles. The topological polar surface area (TPSA) is 64.1 Å².